The second-order valence-electron chi connectivity index (χ2n) is 2.99. The van der Waals surface area contributed by atoms with Crippen LogP contribution in [0.4, 0.5) is 0 Å². The second kappa shape index (κ2) is 3.80. The zero-order valence-corrected chi connectivity index (χ0v) is 7.94. The molecule has 2 heteroatoms. The van der Waals surface area contributed by atoms with Crippen molar-refractivity contribution in [2.75, 3.05) is 0 Å². The van der Waals surface area contributed by atoms with Crippen molar-refractivity contribution in [3.63, 3.8) is 0 Å². The molecular formula is C12H10N2. The first-order chi connectivity index (χ1) is 6.84. The smallest absolute Gasteiger partial charge is 0.135 e. The van der Waals surface area contributed by atoms with Crippen LogP contribution in [0.3, 0.4) is 0 Å². The van der Waals surface area contributed by atoms with Crippen molar-refractivity contribution < 1.29 is 0 Å². The fourth-order valence-corrected chi connectivity index (χ4v) is 1.14. The highest BCUT2D eigenvalue weighted by atomic mass is 15.2. The number of hydrogen-bond acceptors (Lipinski definition) is 1. The van der Waals surface area contributed by atoms with Gasteiger partial charge in [-0.1, -0.05) is 24.1 Å². The highest BCUT2D eigenvalue weighted by molar-refractivity contribution is 5.39. The van der Waals surface area contributed by atoms with Crippen molar-refractivity contribution in [3.05, 3.63) is 53.9 Å². The third kappa shape index (κ3) is 2.02. The first-order valence-electron chi connectivity index (χ1n) is 4.41. The molecule has 0 fully saturated rings. The number of nitrogens with zero attached hydrogens (tertiary/aromatic N) is 2. The zero-order chi connectivity index (χ0) is 9.80. The normalized spacial score (nSPS) is 9.21. The summed E-state index contributed by atoms with van der Waals surface area (Å²) < 4.78 is 1.75. The van der Waals surface area contributed by atoms with E-state index in [1.54, 1.807) is 4.68 Å². The second-order valence-corrected chi connectivity index (χ2v) is 2.99. The molecule has 0 spiro atoms. The summed E-state index contributed by atoms with van der Waals surface area (Å²) in [6, 6.07) is 11.8. The first kappa shape index (κ1) is 8.58. The van der Waals surface area contributed by atoms with Crippen molar-refractivity contribution >= 4 is 0 Å². The zero-order valence-electron chi connectivity index (χ0n) is 7.94. The molecule has 0 aliphatic rings. The van der Waals surface area contributed by atoms with Gasteiger partial charge < -0.3 is 0 Å². The van der Waals surface area contributed by atoms with Crippen LogP contribution >= 0.6 is 0 Å². The van der Waals surface area contributed by atoms with E-state index < -0.39 is 0 Å². The van der Waals surface area contributed by atoms with Gasteiger partial charge in [-0.2, -0.15) is 5.10 Å². The molecule has 0 aliphatic heterocycles. The molecule has 14 heavy (non-hydrogen) atoms. The van der Waals surface area contributed by atoms with Gasteiger partial charge in [0.05, 0.1) is 0 Å². The third-order valence-corrected chi connectivity index (χ3v) is 1.82. The average Bonchev–Trinajstić information content (AvgIpc) is 2.63. The van der Waals surface area contributed by atoms with Gasteiger partial charge >= 0.3 is 0 Å². The summed E-state index contributed by atoms with van der Waals surface area (Å²) >= 11 is 0. The number of aromatic nitrogens is 2. The molecule has 0 bridgehead atoms. The number of benzene rings is 1. The first-order valence-corrected chi connectivity index (χ1v) is 4.41. The molecular weight excluding hydrogens is 172 g/mol. The summed E-state index contributed by atoms with van der Waals surface area (Å²) in [6.45, 7) is 0. The number of hydrogen-bond donors (Lipinski definition) is 0. The van der Waals surface area contributed by atoms with Gasteiger partial charge in [-0.25, -0.2) is 0 Å². The maximum Gasteiger partial charge on any atom is 0.135 e. The third-order valence-electron chi connectivity index (χ3n) is 1.82. The van der Waals surface area contributed by atoms with E-state index in [1.807, 2.05) is 49.6 Å². The lowest BCUT2D eigenvalue weighted by Crippen LogP contribution is -1.87. The summed E-state index contributed by atoms with van der Waals surface area (Å²) in [5, 5.41) is 4.17. The summed E-state index contributed by atoms with van der Waals surface area (Å²) in [4.78, 5) is 0. The van der Waals surface area contributed by atoms with Crippen LogP contribution in [0.1, 0.15) is 11.3 Å². The van der Waals surface area contributed by atoms with Crippen LogP contribution in [-0.2, 0) is 7.05 Å². The van der Waals surface area contributed by atoms with E-state index in [0.29, 0.717) is 0 Å². The molecule has 1 aromatic carbocycles. The molecule has 2 rings (SSSR count). The van der Waals surface area contributed by atoms with Crippen molar-refractivity contribution in [1.82, 2.24) is 9.78 Å². The summed E-state index contributed by atoms with van der Waals surface area (Å²) in [5.41, 5.74) is 1.81. The fraction of sp³-hybridized carbons (Fsp3) is 0.0833. The van der Waals surface area contributed by atoms with Crippen LogP contribution < -0.4 is 0 Å². The molecule has 0 unspecified atom stereocenters. The van der Waals surface area contributed by atoms with E-state index in [-0.39, 0.29) is 0 Å². The van der Waals surface area contributed by atoms with Crippen LogP contribution in [0.5, 0.6) is 0 Å². The molecule has 0 aliphatic carbocycles. The van der Waals surface area contributed by atoms with E-state index in [0.717, 1.165) is 11.3 Å². The predicted molar refractivity (Wildman–Crippen MR) is 55.6 cm³/mol. The highest BCUT2D eigenvalue weighted by Gasteiger charge is 1.89. The van der Waals surface area contributed by atoms with Crippen molar-refractivity contribution in [2.24, 2.45) is 7.05 Å². The lowest BCUT2D eigenvalue weighted by molar-refractivity contribution is 0.764. The maximum atomic E-state index is 4.17. The fourth-order valence-electron chi connectivity index (χ4n) is 1.14. The van der Waals surface area contributed by atoms with Crippen LogP contribution in [0.15, 0.2) is 42.6 Å². The predicted octanol–water partition coefficient (Wildman–Crippen LogP) is 1.82. The Balaban J connectivity index is 2.23. The molecule has 68 valence electrons. The molecule has 2 nitrogen and oxygen atoms in total. The molecule has 0 atom stereocenters. The lowest BCUT2D eigenvalue weighted by Gasteiger charge is -1.85. The molecule has 1 aromatic heterocycles. The van der Waals surface area contributed by atoms with Gasteiger partial charge in [0.15, 0.2) is 0 Å². The number of rotatable bonds is 0. The minimum atomic E-state index is 0.802. The standard InChI is InChI=1S/C12H10N2/c1-14-10-9-12(13-14)8-7-11-5-3-2-4-6-11/h2-6,9-10H,1H3. The van der Waals surface area contributed by atoms with Crippen LogP contribution in [0.2, 0.25) is 0 Å². The Morgan fingerprint density at radius 1 is 1.07 bits per heavy atom. The van der Waals surface area contributed by atoms with Crippen LogP contribution in [-0.4, -0.2) is 9.78 Å². The minimum absolute atomic E-state index is 0.802. The van der Waals surface area contributed by atoms with Gasteiger partial charge in [-0.15, -0.1) is 0 Å². The molecule has 0 N–H and O–H groups in total. The summed E-state index contributed by atoms with van der Waals surface area (Å²) in [6.07, 6.45) is 1.88. The van der Waals surface area contributed by atoms with Crippen LogP contribution in [0, 0.1) is 11.8 Å². The number of aryl methyl sites for hydroxylation is 1. The van der Waals surface area contributed by atoms with Gasteiger partial charge in [-0.05, 0) is 24.1 Å². The molecule has 0 amide bonds. The van der Waals surface area contributed by atoms with Crippen molar-refractivity contribution in [2.45, 2.75) is 0 Å². The molecule has 0 saturated heterocycles. The molecule has 2 aromatic rings. The topological polar surface area (TPSA) is 17.8 Å². The Morgan fingerprint density at radius 3 is 2.50 bits per heavy atom. The van der Waals surface area contributed by atoms with E-state index in [4.69, 9.17) is 0 Å². The average molecular weight is 182 g/mol. The van der Waals surface area contributed by atoms with Gasteiger partial charge in [0.2, 0.25) is 0 Å². The largest absolute Gasteiger partial charge is 0.275 e. The van der Waals surface area contributed by atoms with Gasteiger partial charge in [0.1, 0.15) is 5.69 Å². The van der Waals surface area contributed by atoms with Crippen molar-refractivity contribution in [1.29, 1.82) is 0 Å². The summed E-state index contributed by atoms with van der Waals surface area (Å²) in [5.74, 6) is 6.05. The monoisotopic (exact) mass is 182 g/mol. The van der Waals surface area contributed by atoms with E-state index >= 15 is 0 Å². The molecule has 0 radical (unpaired) electrons. The Hall–Kier alpha value is -2.01. The van der Waals surface area contributed by atoms with Gasteiger partial charge in [0.25, 0.3) is 0 Å². The van der Waals surface area contributed by atoms with E-state index in [9.17, 15) is 0 Å². The van der Waals surface area contributed by atoms with Gasteiger partial charge in [-0.3, -0.25) is 4.68 Å². The van der Waals surface area contributed by atoms with Crippen LogP contribution in [0.25, 0.3) is 0 Å². The quantitative estimate of drug-likeness (QED) is 0.568. The maximum absolute atomic E-state index is 4.17. The highest BCUT2D eigenvalue weighted by Crippen LogP contribution is 1.96. The Morgan fingerprint density at radius 2 is 1.86 bits per heavy atom. The Bertz CT molecular complexity index is 472. The molecule has 1 heterocycles. The molecule has 0 saturated carbocycles. The van der Waals surface area contributed by atoms with Crippen molar-refractivity contribution in [3.8, 4) is 11.8 Å². The SMILES string of the molecule is Cn1ccc(C#Cc2ccccc2)n1. The lowest BCUT2D eigenvalue weighted by atomic mass is 10.2. The van der Waals surface area contributed by atoms with E-state index in [2.05, 4.69) is 16.9 Å². The summed E-state index contributed by atoms with van der Waals surface area (Å²) in [7, 11) is 1.88. The Labute approximate surface area is 83.2 Å². The van der Waals surface area contributed by atoms with E-state index in [1.165, 1.54) is 0 Å². The van der Waals surface area contributed by atoms with Gasteiger partial charge in [0, 0.05) is 18.8 Å². The Kier molecular flexibility index (Phi) is 2.33. The minimum Gasteiger partial charge on any atom is -0.275 e.